The molecular weight excluding hydrogens is 340 g/mol. The van der Waals surface area contributed by atoms with Gasteiger partial charge in [0.2, 0.25) is 0 Å². The molecule has 2 aromatic rings. The smallest absolute Gasteiger partial charge is 0.147 e. The van der Waals surface area contributed by atoms with Crippen molar-refractivity contribution in [1.82, 2.24) is 19.7 Å². The highest BCUT2D eigenvalue weighted by Crippen LogP contribution is 2.30. The summed E-state index contributed by atoms with van der Waals surface area (Å²) >= 11 is 0. The van der Waals surface area contributed by atoms with Gasteiger partial charge in [-0.1, -0.05) is 18.2 Å². The summed E-state index contributed by atoms with van der Waals surface area (Å²) < 4.78 is 13.2. The molecule has 0 saturated carbocycles. The van der Waals surface area contributed by atoms with Crippen molar-refractivity contribution in [1.29, 1.82) is 0 Å². The summed E-state index contributed by atoms with van der Waals surface area (Å²) in [6.07, 6.45) is 4.71. The molecule has 2 fully saturated rings. The highest BCUT2D eigenvalue weighted by Gasteiger charge is 2.30. The van der Waals surface area contributed by atoms with Crippen molar-refractivity contribution in [3.63, 3.8) is 0 Å². The third kappa shape index (κ3) is 4.17. The molecule has 1 aromatic heterocycles. The third-order valence-corrected chi connectivity index (χ3v) is 5.84. The molecule has 1 atom stereocenters. The Labute approximate surface area is 161 Å². The zero-order chi connectivity index (χ0) is 18.6. The maximum atomic E-state index is 5.55. The summed E-state index contributed by atoms with van der Waals surface area (Å²) in [6, 6.07) is 8.83. The standard InChI is InChI=1S/C21H30N4O2/c1-16-22-21(25(23-16)15-17-6-3-4-8-20(17)26-2)18-7-5-11-24(14-18)19-9-12-27-13-10-19/h3-4,6,8,18-19H,5,7,9-15H2,1-2H3. The fourth-order valence-electron chi connectivity index (χ4n) is 4.48. The molecule has 27 heavy (non-hydrogen) atoms. The average Bonchev–Trinajstić information content (AvgIpc) is 3.09. The van der Waals surface area contributed by atoms with Gasteiger partial charge in [-0.25, -0.2) is 9.67 Å². The number of piperidine rings is 1. The van der Waals surface area contributed by atoms with Crippen molar-refractivity contribution >= 4 is 0 Å². The first-order chi connectivity index (χ1) is 13.2. The molecule has 0 spiro atoms. The van der Waals surface area contributed by atoms with Crippen molar-refractivity contribution in [2.45, 2.75) is 51.1 Å². The van der Waals surface area contributed by atoms with Gasteiger partial charge in [-0.2, -0.15) is 5.10 Å². The molecule has 0 N–H and O–H groups in total. The lowest BCUT2D eigenvalue weighted by Crippen LogP contribution is -2.45. The quantitative estimate of drug-likeness (QED) is 0.810. The topological polar surface area (TPSA) is 52.4 Å². The Morgan fingerprint density at radius 3 is 2.81 bits per heavy atom. The summed E-state index contributed by atoms with van der Waals surface area (Å²) in [5.41, 5.74) is 1.14. The van der Waals surface area contributed by atoms with Gasteiger partial charge in [-0.15, -0.1) is 0 Å². The van der Waals surface area contributed by atoms with Crippen LogP contribution < -0.4 is 4.74 Å². The van der Waals surface area contributed by atoms with Crippen LogP contribution >= 0.6 is 0 Å². The Morgan fingerprint density at radius 1 is 1.19 bits per heavy atom. The molecule has 0 bridgehead atoms. The van der Waals surface area contributed by atoms with Crippen molar-refractivity contribution in [3.8, 4) is 5.75 Å². The van der Waals surface area contributed by atoms with Gasteiger partial charge in [-0.05, 0) is 45.2 Å². The van der Waals surface area contributed by atoms with Crippen LogP contribution in [0.25, 0.3) is 0 Å². The predicted molar refractivity (Wildman–Crippen MR) is 104 cm³/mol. The maximum absolute atomic E-state index is 5.55. The van der Waals surface area contributed by atoms with E-state index < -0.39 is 0 Å². The van der Waals surface area contributed by atoms with Gasteiger partial charge in [0.25, 0.3) is 0 Å². The average molecular weight is 370 g/mol. The van der Waals surface area contributed by atoms with Crippen molar-refractivity contribution in [2.24, 2.45) is 0 Å². The zero-order valence-corrected chi connectivity index (χ0v) is 16.4. The van der Waals surface area contributed by atoms with Gasteiger partial charge in [0.1, 0.15) is 17.4 Å². The second kappa shape index (κ2) is 8.40. The van der Waals surface area contributed by atoms with Gasteiger partial charge in [0.05, 0.1) is 13.7 Å². The van der Waals surface area contributed by atoms with Crippen molar-refractivity contribution in [2.75, 3.05) is 33.4 Å². The van der Waals surface area contributed by atoms with Crippen LogP contribution in [0.4, 0.5) is 0 Å². The Bertz CT molecular complexity index is 754. The highest BCUT2D eigenvalue weighted by molar-refractivity contribution is 5.33. The molecule has 0 amide bonds. The summed E-state index contributed by atoms with van der Waals surface area (Å²) in [5.74, 6) is 3.32. The SMILES string of the molecule is COc1ccccc1Cn1nc(C)nc1C1CCCN(C2CCOCC2)C1. The Balaban J connectivity index is 1.53. The van der Waals surface area contributed by atoms with Gasteiger partial charge in [0.15, 0.2) is 0 Å². The number of nitrogens with zero attached hydrogens (tertiary/aromatic N) is 4. The van der Waals surface area contributed by atoms with Gasteiger partial charge in [-0.3, -0.25) is 4.90 Å². The lowest BCUT2D eigenvalue weighted by atomic mass is 9.94. The second-order valence-corrected chi connectivity index (χ2v) is 7.66. The summed E-state index contributed by atoms with van der Waals surface area (Å²) in [5, 5.41) is 4.71. The Hall–Kier alpha value is -1.92. The van der Waals surface area contributed by atoms with Crippen LogP contribution in [0.3, 0.4) is 0 Å². The van der Waals surface area contributed by atoms with Crippen LogP contribution in [-0.4, -0.2) is 59.1 Å². The van der Waals surface area contributed by atoms with E-state index in [2.05, 4.69) is 21.7 Å². The number of methoxy groups -OCH3 is 1. The first-order valence-electron chi connectivity index (χ1n) is 10.1. The van der Waals surface area contributed by atoms with Gasteiger partial charge in [0, 0.05) is 37.3 Å². The highest BCUT2D eigenvalue weighted by atomic mass is 16.5. The Kier molecular flexibility index (Phi) is 5.74. The fourth-order valence-corrected chi connectivity index (χ4v) is 4.48. The molecule has 2 aliphatic rings. The number of hydrogen-bond donors (Lipinski definition) is 0. The molecule has 146 valence electrons. The molecule has 6 heteroatoms. The van der Waals surface area contributed by atoms with E-state index in [9.17, 15) is 0 Å². The van der Waals surface area contributed by atoms with Crippen LogP contribution in [0.2, 0.25) is 0 Å². The summed E-state index contributed by atoms with van der Waals surface area (Å²) in [4.78, 5) is 7.49. The van der Waals surface area contributed by atoms with Gasteiger partial charge < -0.3 is 9.47 Å². The first kappa shape index (κ1) is 18.4. The number of aryl methyl sites for hydroxylation is 1. The number of rotatable bonds is 5. The molecule has 4 rings (SSSR count). The molecule has 2 saturated heterocycles. The number of likely N-dealkylation sites (tertiary alicyclic amines) is 1. The zero-order valence-electron chi connectivity index (χ0n) is 16.4. The minimum absolute atomic E-state index is 0.442. The lowest BCUT2D eigenvalue weighted by Gasteiger charge is -2.39. The fraction of sp³-hybridized carbons (Fsp3) is 0.619. The second-order valence-electron chi connectivity index (χ2n) is 7.66. The van der Waals surface area contributed by atoms with E-state index in [1.165, 1.54) is 19.4 Å². The number of para-hydroxylation sites is 1. The minimum atomic E-state index is 0.442. The Morgan fingerprint density at radius 2 is 2.00 bits per heavy atom. The lowest BCUT2D eigenvalue weighted by molar-refractivity contribution is 0.0232. The molecule has 2 aliphatic heterocycles. The van der Waals surface area contributed by atoms with Crippen LogP contribution in [0.5, 0.6) is 5.75 Å². The van der Waals surface area contributed by atoms with E-state index >= 15 is 0 Å². The number of benzene rings is 1. The molecular formula is C21H30N4O2. The van der Waals surface area contributed by atoms with E-state index in [1.54, 1.807) is 7.11 Å². The summed E-state index contributed by atoms with van der Waals surface area (Å²) in [7, 11) is 1.72. The molecule has 1 unspecified atom stereocenters. The van der Waals surface area contributed by atoms with Crippen molar-refractivity contribution in [3.05, 3.63) is 41.5 Å². The number of hydrogen-bond acceptors (Lipinski definition) is 5. The molecule has 6 nitrogen and oxygen atoms in total. The molecule has 0 radical (unpaired) electrons. The monoisotopic (exact) mass is 370 g/mol. The van der Waals surface area contributed by atoms with E-state index in [0.717, 1.165) is 55.6 Å². The van der Waals surface area contributed by atoms with Crippen molar-refractivity contribution < 1.29 is 9.47 Å². The van der Waals surface area contributed by atoms with E-state index in [0.29, 0.717) is 18.5 Å². The largest absolute Gasteiger partial charge is 0.496 e. The molecule has 1 aromatic carbocycles. The number of aromatic nitrogens is 3. The number of ether oxygens (including phenoxy) is 2. The third-order valence-electron chi connectivity index (χ3n) is 5.84. The van der Waals surface area contributed by atoms with E-state index in [4.69, 9.17) is 19.6 Å². The normalized spacial score (nSPS) is 22.1. The van der Waals surface area contributed by atoms with Crippen LogP contribution in [0, 0.1) is 6.92 Å². The van der Waals surface area contributed by atoms with Gasteiger partial charge >= 0.3 is 0 Å². The molecule has 0 aliphatic carbocycles. The van der Waals surface area contributed by atoms with E-state index in [-0.39, 0.29) is 0 Å². The molecule has 3 heterocycles. The predicted octanol–water partition coefficient (Wildman–Crippen LogP) is 3.00. The summed E-state index contributed by atoms with van der Waals surface area (Å²) in [6.45, 7) is 6.76. The van der Waals surface area contributed by atoms with Crippen LogP contribution in [0.1, 0.15) is 48.8 Å². The van der Waals surface area contributed by atoms with Crippen LogP contribution in [0.15, 0.2) is 24.3 Å². The van der Waals surface area contributed by atoms with E-state index in [1.807, 2.05) is 19.1 Å². The maximum Gasteiger partial charge on any atom is 0.147 e. The first-order valence-corrected chi connectivity index (χ1v) is 10.1. The minimum Gasteiger partial charge on any atom is -0.496 e. The van der Waals surface area contributed by atoms with Crippen LogP contribution in [-0.2, 0) is 11.3 Å².